The molecule has 0 aliphatic heterocycles. The molecule has 0 fully saturated rings. The molecule has 27 heavy (non-hydrogen) atoms. The predicted molar refractivity (Wildman–Crippen MR) is 81.8 cm³/mol. The van der Waals surface area contributed by atoms with E-state index in [0.29, 0.717) is 15.5 Å². The van der Waals surface area contributed by atoms with Crippen LogP contribution in [-0.2, 0) is 39.1 Å². The third-order valence-electron chi connectivity index (χ3n) is 2.57. The summed E-state index contributed by atoms with van der Waals surface area (Å²) in [6, 6.07) is 11.7. The van der Waals surface area contributed by atoms with Gasteiger partial charge in [-0.1, -0.05) is 0 Å². The van der Waals surface area contributed by atoms with E-state index in [1.165, 1.54) is 0 Å². The fourth-order valence-electron chi connectivity index (χ4n) is 1.89. The molecule has 0 aliphatic carbocycles. The van der Waals surface area contributed by atoms with Gasteiger partial charge in [0.25, 0.3) is 0 Å². The molecule has 0 radical (unpaired) electrons. The standard InChI is InChI=1S/C14H12O2.5CO.Cr/c1-10(15)14-11(2)16-9-8-13(14)12-6-4-3-5-7-12;5*1-2;/h3-8H,1-2H3;;;;;;. The van der Waals surface area contributed by atoms with Crippen molar-refractivity contribution in [2.24, 2.45) is 0 Å². The van der Waals surface area contributed by atoms with E-state index in [1.54, 1.807) is 6.92 Å². The molecule has 2 rings (SSSR count). The molecule has 0 bridgehead atoms. The van der Waals surface area contributed by atoms with Crippen molar-refractivity contribution in [3.05, 3.63) is 85.2 Å². The van der Waals surface area contributed by atoms with Crippen LogP contribution >= 0.6 is 0 Å². The van der Waals surface area contributed by atoms with Gasteiger partial charge in [-0.25, -0.2) is 0 Å². The Morgan fingerprint density at radius 2 is 1.30 bits per heavy atom. The Labute approximate surface area is 164 Å². The molecule has 0 aliphatic rings. The number of carbonyl (C=O) groups excluding carboxylic acids is 1. The first kappa shape index (κ1) is 32.0. The number of carbonyl (C=O) groups is 1. The zero-order chi connectivity index (χ0) is 22.4. The average Bonchev–Trinajstić information content (AvgIpc) is 2.75. The molecule has 0 saturated heterocycles. The van der Waals surface area contributed by atoms with Crippen molar-refractivity contribution in [2.75, 3.05) is 0 Å². The second kappa shape index (κ2) is 23.3. The van der Waals surface area contributed by atoms with Gasteiger partial charge in [-0.15, -0.1) is 0 Å². The van der Waals surface area contributed by atoms with Crippen LogP contribution in [0.1, 0.15) is 23.0 Å². The molecule has 2 aromatic rings. The molecule has 7 nitrogen and oxygen atoms in total. The van der Waals surface area contributed by atoms with Crippen molar-refractivity contribution in [3.63, 3.8) is 0 Å². The van der Waals surface area contributed by atoms with Crippen LogP contribution < -0.4 is 0 Å². The van der Waals surface area contributed by atoms with Crippen molar-refractivity contribution in [1.82, 2.24) is 0 Å². The topological polar surface area (TPSA) is 130 Å². The Kier molecular flexibility index (Phi) is 27.6. The molecule has 0 unspecified atom stereocenters. The maximum absolute atomic E-state index is 11.7. The van der Waals surface area contributed by atoms with Crippen molar-refractivity contribution in [2.45, 2.75) is 13.8 Å². The SMILES string of the molecule is CC(=O)c1c(-c2ccccc2)c[c](=[Cr])oc1C.[C-]#[O+].[C-]#[O+].[C-]#[O+].[C-]#[O+].[C-]#[O+]. The number of rotatable bonds is 2. The summed E-state index contributed by atoms with van der Waals surface area (Å²) in [6.07, 6.45) is 0. The number of hydrogen-bond donors (Lipinski definition) is 0. The fraction of sp³-hybridized carbons (Fsp3) is 0.105. The van der Waals surface area contributed by atoms with Gasteiger partial charge < -0.3 is 0 Å². The van der Waals surface area contributed by atoms with E-state index in [1.807, 2.05) is 43.3 Å². The first-order chi connectivity index (χ1) is 13.1. The number of ketones is 1. The van der Waals surface area contributed by atoms with Crippen LogP contribution in [0.25, 0.3) is 11.1 Å². The van der Waals surface area contributed by atoms with Crippen LogP contribution in [0.4, 0.5) is 0 Å². The molecule has 0 saturated carbocycles. The number of aryl methyl sites for hydroxylation is 1. The van der Waals surface area contributed by atoms with Crippen LogP contribution in [0.5, 0.6) is 0 Å². The van der Waals surface area contributed by atoms with Crippen LogP contribution in [0.15, 0.2) is 40.8 Å². The summed E-state index contributed by atoms with van der Waals surface area (Å²) in [5.74, 6) is 0.665. The predicted octanol–water partition coefficient (Wildman–Crippen LogP) is 3.35. The third kappa shape index (κ3) is 12.3. The van der Waals surface area contributed by atoms with E-state index in [-0.39, 0.29) is 5.78 Å². The molecule has 0 amide bonds. The molecule has 8 heteroatoms. The van der Waals surface area contributed by atoms with Crippen molar-refractivity contribution in [1.29, 1.82) is 0 Å². The molecule has 1 aromatic heterocycles. The molecule has 1 aromatic carbocycles. The van der Waals surface area contributed by atoms with Crippen molar-refractivity contribution >= 4 is 5.78 Å². The summed E-state index contributed by atoms with van der Waals surface area (Å²) < 4.78 is 43.6. The van der Waals surface area contributed by atoms with Crippen LogP contribution in [0.3, 0.4) is 0 Å². The van der Waals surface area contributed by atoms with Gasteiger partial charge in [0.2, 0.25) is 0 Å². The second-order valence-corrected chi connectivity index (χ2v) is 4.46. The normalized spacial score (nSPS) is 6.81. The zero-order valence-electron chi connectivity index (χ0n) is 14.2. The van der Waals surface area contributed by atoms with Crippen LogP contribution in [0.2, 0.25) is 0 Å². The number of benzene rings is 1. The van der Waals surface area contributed by atoms with Gasteiger partial charge in [0.15, 0.2) is 0 Å². The van der Waals surface area contributed by atoms with Gasteiger partial charge >= 0.3 is 164 Å². The number of hydrogen-bond acceptors (Lipinski definition) is 2. The minimum atomic E-state index is 0.0186. The quantitative estimate of drug-likeness (QED) is 0.432. The molecule has 0 spiro atoms. The van der Waals surface area contributed by atoms with Crippen molar-refractivity contribution < 1.29 is 48.3 Å². The van der Waals surface area contributed by atoms with E-state index in [2.05, 4.69) is 49.1 Å². The van der Waals surface area contributed by atoms with Crippen LogP contribution in [-0.4, -0.2) is 5.78 Å². The Morgan fingerprint density at radius 1 is 0.889 bits per heavy atom. The summed E-state index contributed by atoms with van der Waals surface area (Å²) in [5, 5.41) is 0. The van der Waals surface area contributed by atoms with Crippen LogP contribution in [0, 0.1) is 44.4 Å². The molecular formula is C19H12CrO7. The first-order valence-corrected chi connectivity index (χ1v) is 6.96. The first-order valence-electron chi connectivity index (χ1n) is 6.33. The molecule has 136 valence electrons. The second-order valence-electron chi connectivity index (χ2n) is 3.83. The summed E-state index contributed by atoms with van der Waals surface area (Å²) in [7, 11) is 0. The Bertz CT molecular complexity index is 790. The molecular weight excluding hydrogens is 392 g/mol. The van der Waals surface area contributed by atoms with Gasteiger partial charge in [-0.3, -0.25) is 0 Å². The fourth-order valence-corrected chi connectivity index (χ4v) is 2.27. The van der Waals surface area contributed by atoms with Gasteiger partial charge in [0.05, 0.1) is 0 Å². The summed E-state index contributed by atoms with van der Waals surface area (Å²) in [6.45, 7) is 25.9. The Hall–Kier alpha value is -2.73. The van der Waals surface area contributed by atoms with E-state index >= 15 is 0 Å². The third-order valence-corrected chi connectivity index (χ3v) is 2.89. The Morgan fingerprint density at radius 3 is 1.67 bits per heavy atom. The summed E-state index contributed by atoms with van der Waals surface area (Å²) >= 11 is 2.84. The van der Waals surface area contributed by atoms with Gasteiger partial charge in [-0.2, -0.15) is 0 Å². The summed E-state index contributed by atoms with van der Waals surface area (Å²) in [5.41, 5.74) is 2.58. The average molecular weight is 404 g/mol. The van der Waals surface area contributed by atoms with Gasteiger partial charge in [0, 0.05) is 0 Å². The monoisotopic (exact) mass is 404 g/mol. The molecule has 1 heterocycles. The van der Waals surface area contributed by atoms with E-state index < -0.39 is 0 Å². The minimum absolute atomic E-state index is 0.0186. The van der Waals surface area contributed by atoms with Crippen molar-refractivity contribution in [3.8, 4) is 11.1 Å². The summed E-state index contributed by atoms with van der Waals surface area (Å²) in [4.78, 5) is 11.7. The molecule has 0 atom stereocenters. The zero-order valence-corrected chi connectivity index (χ0v) is 15.5. The maximum atomic E-state index is 11.7. The Balaban J connectivity index is -0.000000230. The number of Topliss-reactive ketones (excluding diaryl/α,β-unsaturated/α-hetero) is 1. The van der Waals surface area contributed by atoms with E-state index in [0.717, 1.165) is 11.1 Å². The van der Waals surface area contributed by atoms with E-state index in [4.69, 9.17) is 27.7 Å². The van der Waals surface area contributed by atoms with Gasteiger partial charge in [0.1, 0.15) is 0 Å². The van der Waals surface area contributed by atoms with Gasteiger partial charge in [-0.05, 0) is 0 Å². The van der Waals surface area contributed by atoms with E-state index in [9.17, 15) is 4.79 Å². The molecule has 0 N–H and O–H groups in total.